The molecule has 1 aromatic rings. The van der Waals surface area contributed by atoms with Gasteiger partial charge in [0.25, 0.3) is 0 Å². The van der Waals surface area contributed by atoms with E-state index in [4.69, 9.17) is 0 Å². The normalized spacial score (nSPS) is 22.6. The second-order valence-electron chi connectivity index (χ2n) is 5.11. The number of amides is 1. The van der Waals surface area contributed by atoms with Gasteiger partial charge in [-0.1, -0.05) is 38.1 Å². The van der Waals surface area contributed by atoms with E-state index in [9.17, 15) is 9.90 Å². The van der Waals surface area contributed by atoms with Gasteiger partial charge in [0.15, 0.2) is 0 Å². The third kappa shape index (κ3) is 2.67. The summed E-state index contributed by atoms with van der Waals surface area (Å²) in [6, 6.07) is 7.65. The Bertz CT molecular complexity index is 414. The average molecular weight is 233 g/mol. The predicted molar refractivity (Wildman–Crippen MR) is 66.5 cm³/mol. The summed E-state index contributed by atoms with van der Waals surface area (Å²) < 4.78 is 0. The van der Waals surface area contributed by atoms with E-state index in [0.717, 1.165) is 11.1 Å². The molecule has 2 rings (SSSR count). The average Bonchev–Trinajstić information content (AvgIpc) is 2.55. The molecule has 1 aliphatic rings. The van der Waals surface area contributed by atoms with Crippen LogP contribution in [0.5, 0.6) is 0 Å². The largest absolute Gasteiger partial charge is 0.390 e. The summed E-state index contributed by atoms with van der Waals surface area (Å²) in [5, 5.41) is 12.9. The van der Waals surface area contributed by atoms with E-state index in [2.05, 4.69) is 5.32 Å². The molecule has 0 saturated carbocycles. The van der Waals surface area contributed by atoms with Gasteiger partial charge in [0.05, 0.1) is 12.1 Å². The number of fused-ring (bicyclic) bond motifs is 1. The van der Waals surface area contributed by atoms with Crippen molar-refractivity contribution in [3.05, 3.63) is 35.4 Å². The molecule has 0 bridgehead atoms. The molecular weight excluding hydrogens is 214 g/mol. The van der Waals surface area contributed by atoms with Crippen LogP contribution in [0, 0.1) is 5.92 Å². The van der Waals surface area contributed by atoms with Crippen LogP contribution in [0.3, 0.4) is 0 Å². The Morgan fingerprint density at radius 1 is 1.47 bits per heavy atom. The third-order valence-electron chi connectivity index (χ3n) is 3.11. The Morgan fingerprint density at radius 3 is 2.88 bits per heavy atom. The van der Waals surface area contributed by atoms with Crippen molar-refractivity contribution in [3.63, 3.8) is 0 Å². The topological polar surface area (TPSA) is 49.3 Å². The van der Waals surface area contributed by atoms with Gasteiger partial charge >= 0.3 is 0 Å². The van der Waals surface area contributed by atoms with Gasteiger partial charge in [-0.25, -0.2) is 0 Å². The lowest BCUT2D eigenvalue weighted by Crippen LogP contribution is -2.34. The van der Waals surface area contributed by atoms with E-state index < -0.39 is 6.10 Å². The fraction of sp³-hybridized carbons (Fsp3) is 0.500. The lowest BCUT2D eigenvalue weighted by molar-refractivity contribution is -0.123. The monoisotopic (exact) mass is 233 g/mol. The summed E-state index contributed by atoms with van der Waals surface area (Å²) in [5.74, 6) is 0.351. The summed E-state index contributed by atoms with van der Waals surface area (Å²) in [4.78, 5) is 11.7. The number of hydrogen-bond donors (Lipinski definition) is 2. The summed E-state index contributed by atoms with van der Waals surface area (Å²) in [7, 11) is 0. The summed E-state index contributed by atoms with van der Waals surface area (Å²) >= 11 is 0. The van der Waals surface area contributed by atoms with Gasteiger partial charge in [0.1, 0.15) is 0 Å². The first-order valence-electron chi connectivity index (χ1n) is 6.13. The maximum Gasteiger partial charge on any atom is 0.220 e. The minimum atomic E-state index is -0.497. The van der Waals surface area contributed by atoms with Gasteiger partial charge in [0, 0.05) is 12.8 Å². The SMILES string of the molecule is CC(C)CC(=O)N[C@@H]1c2ccccc2C[C@@H]1O. The molecule has 0 aromatic heterocycles. The summed E-state index contributed by atoms with van der Waals surface area (Å²) in [6.45, 7) is 4.03. The molecule has 0 aliphatic heterocycles. The quantitative estimate of drug-likeness (QED) is 0.836. The highest BCUT2D eigenvalue weighted by molar-refractivity contribution is 5.77. The zero-order valence-corrected chi connectivity index (χ0v) is 10.3. The Kier molecular flexibility index (Phi) is 3.48. The molecule has 3 nitrogen and oxygen atoms in total. The van der Waals surface area contributed by atoms with Gasteiger partial charge in [-0.05, 0) is 17.0 Å². The van der Waals surface area contributed by atoms with Crippen LogP contribution in [-0.2, 0) is 11.2 Å². The number of carbonyl (C=O) groups excluding carboxylic acids is 1. The van der Waals surface area contributed by atoms with Crippen LogP contribution in [0.25, 0.3) is 0 Å². The minimum Gasteiger partial charge on any atom is -0.390 e. The first-order valence-corrected chi connectivity index (χ1v) is 6.13. The highest BCUT2D eigenvalue weighted by Gasteiger charge is 2.31. The maximum absolute atomic E-state index is 11.7. The maximum atomic E-state index is 11.7. The lowest BCUT2D eigenvalue weighted by atomic mass is 10.1. The van der Waals surface area contributed by atoms with Gasteiger partial charge < -0.3 is 10.4 Å². The van der Waals surface area contributed by atoms with Crippen LogP contribution in [0.4, 0.5) is 0 Å². The first-order chi connectivity index (χ1) is 8.08. The molecule has 2 atom stereocenters. The Labute approximate surface area is 102 Å². The number of benzene rings is 1. The molecule has 0 unspecified atom stereocenters. The van der Waals surface area contributed by atoms with Crippen molar-refractivity contribution in [1.82, 2.24) is 5.32 Å². The van der Waals surface area contributed by atoms with Crippen LogP contribution >= 0.6 is 0 Å². The van der Waals surface area contributed by atoms with Crippen molar-refractivity contribution in [1.29, 1.82) is 0 Å². The zero-order valence-electron chi connectivity index (χ0n) is 10.3. The molecule has 0 radical (unpaired) electrons. The van der Waals surface area contributed by atoms with Crippen molar-refractivity contribution in [2.24, 2.45) is 5.92 Å². The molecule has 0 spiro atoms. The number of aliphatic hydroxyl groups is 1. The fourth-order valence-electron chi connectivity index (χ4n) is 2.35. The second-order valence-corrected chi connectivity index (χ2v) is 5.11. The molecule has 0 saturated heterocycles. The van der Waals surface area contributed by atoms with Gasteiger partial charge in [-0.15, -0.1) is 0 Å². The molecule has 1 amide bonds. The van der Waals surface area contributed by atoms with Crippen LogP contribution in [0.15, 0.2) is 24.3 Å². The van der Waals surface area contributed by atoms with Gasteiger partial charge in [-0.3, -0.25) is 4.79 Å². The lowest BCUT2D eigenvalue weighted by Gasteiger charge is -2.18. The fourth-order valence-corrected chi connectivity index (χ4v) is 2.35. The van der Waals surface area contributed by atoms with Crippen molar-refractivity contribution in [3.8, 4) is 0 Å². The third-order valence-corrected chi connectivity index (χ3v) is 3.11. The predicted octanol–water partition coefficient (Wildman–Crippen LogP) is 1.81. The van der Waals surface area contributed by atoms with E-state index in [0.29, 0.717) is 18.8 Å². The Balaban J connectivity index is 2.09. The summed E-state index contributed by atoms with van der Waals surface area (Å²) in [6.07, 6.45) is 0.636. The number of aliphatic hydroxyl groups excluding tert-OH is 1. The van der Waals surface area contributed by atoms with Gasteiger partial charge in [0.2, 0.25) is 5.91 Å². The molecule has 0 heterocycles. The number of rotatable bonds is 3. The van der Waals surface area contributed by atoms with E-state index in [1.54, 1.807) is 0 Å². The van der Waals surface area contributed by atoms with Crippen LogP contribution in [0.2, 0.25) is 0 Å². The van der Waals surface area contributed by atoms with E-state index in [-0.39, 0.29) is 11.9 Å². The van der Waals surface area contributed by atoms with E-state index in [1.807, 2.05) is 38.1 Å². The van der Waals surface area contributed by atoms with Crippen molar-refractivity contribution in [2.75, 3.05) is 0 Å². The molecule has 17 heavy (non-hydrogen) atoms. The molecule has 1 aliphatic carbocycles. The van der Waals surface area contributed by atoms with Crippen LogP contribution < -0.4 is 5.32 Å². The van der Waals surface area contributed by atoms with Crippen LogP contribution in [0.1, 0.15) is 37.4 Å². The molecular formula is C14H19NO2. The molecule has 1 aromatic carbocycles. The van der Waals surface area contributed by atoms with Gasteiger partial charge in [-0.2, -0.15) is 0 Å². The van der Waals surface area contributed by atoms with Crippen molar-refractivity contribution >= 4 is 5.91 Å². The highest BCUT2D eigenvalue weighted by Crippen LogP contribution is 2.31. The standard InChI is InChI=1S/C14H19NO2/c1-9(2)7-13(17)15-14-11-6-4-3-5-10(11)8-12(14)16/h3-6,9,12,14,16H,7-8H2,1-2H3,(H,15,17)/t12-,14+/m0/s1. The Morgan fingerprint density at radius 2 is 2.18 bits per heavy atom. The van der Waals surface area contributed by atoms with E-state index in [1.165, 1.54) is 0 Å². The number of nitrogens with one attached hydrogen (secondary N) is 1. The zero-order chi connectivity index (χ0) is 12.4. The number of carbonyl (C=O) groups is 1. The second kappa shape index (κ2) is 4.88. The van der Waals surface area contributed by atoms with Crippen molar-refractivity contribution < 1.29 is 9.90 Å². The molecule has 2 N–H and O–H groups in total. The smallest absolute Gasteiger partial charge is 0.220 e. The summed E-state index contributed by atoms with van der Waals surface area (Å²) in [5.41, 5.74) is 2.19. The molecule has 3 heteroatoms. The van der Waals surface area contributed by atoms with E-state index >= 15 is 0 Å². The minimum absolute atomic E-state index is 0.0146. The van der Waals surface area contributed by atoms with Crippen LogP contribution in [-0.4, -0.2) is 17.1 Å². The molecule has 0 fully saturated rings. The Hall–Kier alpha value is -1.35. The van der Waals surface area contributed by atoms with Crippen molar-refractivity contribution in [2.45, 2.75) is 38.8 Å². The first kappa shape index (κ1) is 12.1. The molecule has 92 valence electrons. The number of hydrogen-bond acceptors (Lipinski definition) is 2. The highest BCUT2D eigenvalue weighted by atomic mass is 16.3.